The van der Waals surface area contributed by atoms with Crippen molar-refractivity contribution in [2.75, 3.05) is 25.1 Å². The molecule has 2 rings (SSSR count). The lowest BCUT2D eigenvalue weighted by Crippen LogP contribution is -2.29. The molecule has 18 heavy (non-hydrogen) atoms. The molecular weight excluding hydrogens is 230 g/mol. The van der Waals surface area contributed by atoms with Crippen molar-refractivity contribution in [1.29, 1.82) is 0 Å². The van der Waals surface area contributed by atoms with E-state index in [0.717, 1.165) is 30.1 Å². The number of aliphatic carboxylic acids is 1. The molecule has 1 aromatic carbocycles. The van der Waals surface area contributed by atoms with E-state index in [1.807, 2.05) is 18.2 Å². The van der Waals surface area contributed by atoms with Crippen molar-refractivity contribution in [3.63, 3.8) is 0 Å². The molecule has 1 aliphatic heterocycles. The van der Waals surface area contributed by atoms with Crippen molar-refractivity contribution < 1.29 is 14.6 Å². The van der Waals surface area contributed by atoms with Gasteiger partial charge in [-0.25, -0.2) is 0 Å². The van der Waals surface area contributed by atoms with E-state index in [0.29, 0.717) is 0 Å². The number of anilines is 1. The van der Waals surface area contributed by atoms with Crippen LogP contribution >= 0.6 is 0 Å². The molecule has 0 atom stereocenters. The third-order valence-corrected chi connectivity index (χ3v) is 3.30. The summed E-state index contributed by atoms with van der Waals surface area (Å²) in [7, 11) is 1.65. The Morgan fingerprint density at radius 3 is 2.67 bits per heavy atom. The van der Waals surface area contributed by atoms with Crippen LogP contribution in [-0.2, 0) is 11.2 Å². The molecule has 0 spiro atoms. The topological polar surface area (TPSA) is 49.8 Å². The Morgan fingerprint density at radius 1 is 1.33 bits per heavy atom. The van der Waals surface area contributed by atoms with E-state index in [1.54, 1.807) is 7.11 Å². The molecule has 0 unspecified atom stereocenters. The van der Waals surface area contributed by atoms with Crippen LogP contribution in [0.25, 0.3) is 0 Å². The van der Waals surface area contributed by atoms with Gasteiger partial charge in [-0.2, -0.15) is 0 Å². The maximum atomic E-state index is 10.8. The number of ether oxygens (including phenoxy) is 1. The lowest BCUT2D eigenvalue weighted by atomic mass is 10.1. The van der Waals surface area contributed by atoms with Crippen LogP contribution in [0.5, 0.6) is 5.75 Å². The number of hydrogen-bond acceptors (Lipinski definition) is 3. The van der Waals surface area contributed by atoms with Gasteiger partial charge in [-0.1, -0.05) is 6.07 Å². The zero-order valence-electron chi connectivity index (χ0n) is 10.7. The first-order valence-corrected chi connectivity index (χ1v) is 6.34. The van der Waals surface area contributed by atoms with Crippen molar-refractivity contribution in [3.05, 3.63) is 23.8 Å². The van der Waals surface area contributed by atoms with Crippen LogP contribution in [0.1, 0.15) is 24.8 Å². The third kappa shape index (κ3) is 2.94. The van der Waals surface area contributed by atoms with Gasteiger partial charge in [0.15, 0.2) is 0 Å². The maximum Gasteiger partial charge on any atom is 0.307 e. The molecule has 0 aliphatic carbocycles. The van der Waals surface area contributed by atoms with Crippen LogP contribution in [0, 0.1) is 0 Å². The molecule has 1 saturated heterocycles. The van der Waals surface area contributed by atoms with Gasteiger partial charge >= 0.3 is 5.97 Å². The molecule has 1 fully saturated rings. The smallest absolute Gasteiger partial charge is 0.307 e. The Balaban J connectivity index is 2.26. The standard InChI is InChI=1S/C14H19NO3/c1-18-13-6-5-11(10-14(16)17)9-12(13)15-7-3-2-4-8-15/h5-6,9H,2-4,7-8,10H2,1H3,(H,16,17). The molecule has 0 saturated carbocycles. The first-order valence-electron chi connectivity index (χ1n) is 6.34. The van der Waals surface area contributed by atoms with Crippen LogP contribution in [-0.4, -0.2) is 31.3 Å². The summed E-state index contributed by atoms with van der Waals surface area (Å²) in [4.78, 5) is 13.1. The predicted molar refractivity (Wildman–Crippen MR) is 70.4 cm³/mol. The summed E-state index contributed by atoms with van der Waals surface area (Å²) in [5.74, 6) is 0.0239. The highest BCUT2D eigenvalue weighted by atomic mass is 16.5. The van der Waals surface area contributed by atoms with Crippen LogP contribution < -0.4 is 9.64 Å². The molecule has 1 N–H and O–H groups in total. The molecule has 0 amide bonds. The molecule has 1 aliphatic rings. The van der Waals surface area contributed by atoms with E-state index in [1.165, 1.54) is 19.3 Å². The fourth-order valence-electron chi connectivity index (χ4n) is 2.40. The summed E-state index contributed by atoms with van der Waals surface area (Å²) < 4.78 is 5.37. The highest BCUT2D eigenvalue weighted by Crippen LogP contribution is 2.31. The molecular formula is C14H19NO3. The van der Waals surface area contributed by atoms with Crippen LogP contribution in [0.2, 0.25) is 0 Å². The zero-order valence-corrected chi connectivity index (χ0v) is 10.7. The number of methoxy groups -OCH3 is 1. The number of nitrogens with zero attached hydrogens (tertiary/aromatic N) is 1. The minimum atomic E-state index is -0.801. The minimum Gasteiger partial charge on any atom is -0.495 e. The van der Waals surface area contributed by atoms with Gasteiger partial charge in [0.25, 0.3) is 0 Å². The average Bonchev–Trinajstić information content (AvgIpc) is 2.39. The fraction of sp³-hybridized carbons (Fsp3) is 0.500. The molecule has 1 aromatic rings. The SMILES string of the molecule is COc1ccc(CC(=O)O)cc1N1CCCCC1. The number of piperidine rings is 1. The summed E-state index contributed by atoms with van der Waals surface area (Å²) in [5, 5.41) is 8.85. The number of carboxylic acid groups (broad SMARTS) is 1. The number of hydrogen-bond donors (Lipinski definition) is 1. The highest BCUT2D eigenvalue weighted by molar-refractivity contribution is 5.72. The summed E-state index contributed by atoms with van der Waals surface area (Å²) >= 11 is 0. The molecule has 0 radical (unpaired) electrons. The molecule has 4 nitrogen and oxygen atoms in total. The monoisotopic (exact) mass is 249 g/mol. The number of benzene rings is 1. The van der Waals surface area contributed by atoms with E-state index in [2.05, 4.69) is 4.90 Å². The van der Waals surface area contributed by atoms with Crippen molar-refractivity contribution in [2.24, 2.45) is 0 Å². The molecule has 1 heterocycles. The highest BCUT2D eigenvalue weighted by Gasteiger charge is 2.16. The van der Waals surface area contributed by atoms with Crippen molar-refractivity contribution >= 4 is 11.7 Å². The Morgan fingerprint density at radius 2 is 2.06 bits per heavy atom. The van der Waals surface area contributed by atoms with E-state index in [-0.39, 0.29) is 6.42 Å². The normalized spacial score (nSPS) is 15.5. The van der Waals surface area contributed by atoms with E-state index in [9.17, 15) is 4.79 Å². The second-order valence-corrected chi connectivity index (χ2v) is 4.62. The van der Waals surface area contributed by atoms with Gasteiger partial charge in [0.2, 0.25) is 0 Å². The summed E-state index contributed by atoms with van der Waals surface area (Å²) in [5.41, 5.74) is 1.85. The third-order valence-electron chi connectivity index (χ3n) is 3.30. The van der Waals surface area contributed by atoms with Crippen LogP contribution in [0.15, 0.2) is 18.2 Å². The van der Waals surface area contributed by atoms with E-state index >= 15 is 0 Å². The molecule has 4 heteroatoms. The second kappa shape index (κ2) is 5.76. The van der Waals surface area contributed by atoms with Crippen LogP contribution in [0.4, 0.5) is 5.69 Å². The fourth-order valence-corrected chi connectivity index (χ4v) is 2.40. The number of carboxylic acids is 1. The zero-order chi connectivity index (χ0) is 13.0. The van der Waals surface area contributed by atoms with Crippen LogP contribution in [0.3, 0.4) is 0 Å². The van der Waals surface area contributed by atoms with Crippen molar-refractivity contribution in [1.82, 2.24) is 0 Å². The Kier molecular flexibility index (Phi) is 4.07. The quantitative estimate of drug-likeness (QED) is 0.889. The van der Waals surface area contributed by atoms with Gasteiger partial charge < -0.3 is 14.7 Å². The summed E-state index contributed by atoms with van der Waals surface area (Å²) in [6.45, 7) is 2.04. The summed E-state index contributed by atoms with van der Waals surface area (Å²) in [6.07, 6.45) is 3.71. The van der Waals surface area contributed by atoms with Gasteiger partial charge in [-0.3, -0.25) is 4.79 Å². The van der Waals surface area contributed by atoms with Gasteiger partial charge in [-0.15, -0.1) is 0 Å². The van der Waals surface area contributed by atoms with E-state index in [4.69, 9.17) is 9.84 Å². The molecule has 0 bridgehead atoms. The minimum absolute atomic E-state index is 0.0604. The Hall–Kier alpha value is -1.71. The molecule has 98 valence electrons. The number of carbonyl (C=O) groups is 1. The van der Waals surface area contributed by atoms with Crippen molar-refractivity contribution in [2.45, 2.75) is 25.7 Å². The second-order valence-electron chi connectivity index (χ2n) is 4.62. The lowest BCUT2D eigenvalue weighted by Gasteiger charge is -2.30. The van der Waals surface area contributed by atoms with Gasteiger partial charge in [0.05, 0.1) is 19.2 Å². The van der Waals surface area contributed by atoms with Gasteiger partial charge in [0.1, 0.15) is 5.75 Å². The average molecular weight is 249 g/mol. The largest absolute Gasteiger partial charge is 0.495 e. The lowest BCUT2D eigenvalue weighted by molar-refractivity contribution is -0.136. The van der Waals surface area contributed by atoms with E-state index < -0.39 is 5.97 Å². The first kappa shape index (κ1) is 12.7. The van der Waals surface area contributed by atoms with Gasteiger partial charge in [-0.05, 0) is 37.0 Å². The summed E-state index contributed by atoms with van der Waals surface area (Å²) in [6, 6.07) is 5.63. The Labute approximate surface area is 107 Å². The number of rotatable bonds is 4. The predicted octanol–water partition coefficient (Wildman–Crippen LogP) is 2.31. The Bertz CT molecular complexity index is 425. The maximum absolute atomic E-state index is 10.8. The van der Waals surface area contributed by atoms with Gasteiger partial charge in [0, 0.05) is 13.1 Å². The molecule has 0 aromatic heterocycles. The first-order chi connectivity index (χ1) is 8.70. The van der Waals surface area contributed by atoms with Crippen molar-refractivity contribution in [3.8, 4) is 5.75 Å².